The van der Waals surface area contributed by atoms with Crippen LogP contribution in [-0.4, -0.2) is 26.9 Å². The number of para-hydroxylation sites is 1. The Morgan fingerprint density at radius 2 is 1.55 bits per heavy atom. The Morgan fingerprint density at radius 1 is 0.848 bits per heavy atom. The van der Waals surface area contributed by atoms with E-state index in [0.717, 1.165) is 5.56 Å². The van der Waals surface area contributed by atoms with Crippen molar-refractivity contribution < 1.29 is 18.0 Å². The number of amides is 3. The average Bonchev–Trinajstić information content (AvgIpc) is 2.76. The molecular formula is C24H26N4O4S. The number of rotatable bonds is 7. The molecule has 0 radical (unpaired) electrons. The van der Waals surface area contributed by atoms with Crippen LogP contribution in [0.15, 0.2) is 71.6 Å². The maximum atomic E-state index is 13.0. The Morgan fingerprint density at radius 3 is 2.27 bits per heavy atom. The highest BCUT2D eigenvalue weighted by molar-refractivity contribution is 7.92. The summed E-state index contributed by atoms with van der Waals surface area (Å²) in [5.74, 6) is -0.496. The Kier molecular flexibility index (Phi) is 7.34. The molecule has 0 unspecified atom stereocenters. The lowest BCUT2D eigenvalue weighted by Gasteiger charge is -2.15. The molecule has 0 spiro atoms. The summed E-state index contributed by atoms with van der Waals surface area (Å²) in [4.78, 5) is 24.9. The number of sulfonamides is 1. The lowest BCUT2D eigenvalue weighted by molar-refractivity contribution is 0.102. The molecule has 4 N–H and O–H groups in total. The minimum Gasteiger partial charge on any atom is -0.338 e. The van der Waals surface area contributed by atoms with Crippen molar-refractivity contribution >= 4 is 39.0 Å². The van der Waals surface area contributed by atoms with E-state index in [1.54, 1.807) is 55.5 Å². The van der Waals surface area contributed by atoms with Crippen LogP contribution in [0.4, 0.5) is 21.9 Å². The van der Waals surface area contributed by atoms with Crippen molar-refractivity contribution in [3.05, 3.63) is 83.4 Å². The molecule has 172 valence electrons. The van der Waals surface area contributed by atoms with E-state index in [2.05, 4.69) is 20.7 Å². The van der Waals surface area contributed by atoms with Crippen LogP contribution in [0, 0.1) is 13.8 Å². The highest BCUT2D eigenvalue weighted by Gasteiger charge is 2.20. The van der Waals surface area contributed by atoms with Crippen molar-refractivity contribution in [2.45, 2.75) is 25.7 Å². The molecule has 0 aliphatic rings. The van der Waals surface area contributed by atoms with Crippen molar-refractivity contribution in [2.24, 2.45) is 0 Å². The molecule has 9 heteroatoms. The molecule has 0 atom stereocenters. The van der Waals surface area contributed by atoms with E-state index in [1.807, 2.05) is 19.9 Å². The molecule has 8 nitrogen and oxygen atoms in total. The first-order valence-corrected chi connectivity index (χ1v) is 11.8. The predicted octanol–water partition coefficient (Wildman–Crippen LogP) is 4.50. The standard InChI is InChI=1S/C24H26N4O4S/c1-4-25-24(30)27-19-9-7-8-18(15-19)26-23(29)20-10-5-6-11-21(20)28-33(31,32)22-14-16(2)12-13-17(22)3/h5-15,28H,4H2,1-3H3,(H,26,29)(H2,25,27,30). The molecule has 0 bridgehead atoms. The highest BCUT2D eigenvalue weighted by atomic mass is 32.2. The zero-order valence-electron chi connectivity index (χ0n) is 18.6. The van der Waals surface area contributed by atoms with E-state index in [9.17, 15) is 18.0 Å². The number of aryl methyl sites for hydroxylation is 2. The van der Waals surface area contributed by atoms with Crippen LogP contribution < -0.4 is 20.7 Å². The topological polar surface area (TPSA) is 116 Å². The second-order valence-corrected chi connectivity index (χ2v) is 9.09. The fraction of sp³-hybridized carbons (Fsp3) is 0.167. The second kappa shape index (κ2) is 10.2. The third-order valence-corrected chi connectivity index (χ3v) is 6.27. The zero-order chi connectivity index (χ0) is 24.0. The van der Waals surface area contributed by atoms with E-state index >= 15 is 0 Å². The first-order chi connectivity index (χ1) is 15.7. The van der Waals surface area contributed by atoms with Crippen LogP contribution >= 0.6 is 0 Å². The summed E-state index contributed by atoms with van der Waals surface area (Å²) in [5.41, 5.74) is 2.68. The fourth-order valence-electron chi connectivity index (χ4n) is 3.18. The first-order valence-electron chi connectivity index (χ1n) is 10.3. The summed E-state index contributed by atoms with van der Waals surface area (Å²) in [6, 6.07) is 17.8. The van der Waals surface area contributed by atoms with Gasteiger partial charge in [0, 0.05) is 17.9 Å². The van der Waals surface area contributed by atoms with Crippen molar-refractivity contribution in [3.8, 4) is 0 Å². The Balaban J connectivity index is 1.83. The number of carbonyl (C=O) groups is 2. The molecule has 0 fully saturated rings. The van der Waals surface area contributed by atoms with Gasteiger partial charge in [-0.25, -0.2) is 13.2 Å². The summed E-state index contributed by atoms with van der Waals surface area (Å²) in [7, 11) is -3.91. The lowest BCUT2D eigenvalue weighted by Crippen LogP contribution is -2.28. The molecule has 3 rings (SSSR count). The Bertz CT molecular complexity index is 1290. The Hall–Kier alpha value is -3.85. The largest absolute Gasteiger partial charge is 0.338 e. The maximum absolute atomic E-state index is 13.0. The maximum Gasteiger partial charge on any atom is 0.319 e. The van der Waals surface area contributed by atoms with E-state index in [0.29, 0.717) is 23.5 Å². The first kappa shape index (κ1) is 23.8. The molecule has 0 saturated heterocycles. The summed E-state index contributed by atoms with van der Waals surface area (Å²) in [5, 5.41) is 8.05. The summed E-state index contributed by atoms with van der Waals surface area (Å²) < 4.78 is 28.6. The van der Waals surface area contributed by atoms with Gasteiger partial charge in [0.25, 0.3) is 15.9 Å². The monoisotopic (exact) mass is 466 g/mol. The number of urea groups is 1. The Labute approximate surface area is 193 Å². The van der Waals surface area contributed by atoms with Gasteiger partial charge in [-0.2, -0.15) is 0 Å². The minimum absolute atomic E-state index is 0.154. The van der Waals surface area contributed by atoms with Crippen LogP contribution in [-0.2, 0) is 10.0 Å². The van der Waals surface area contributed by atoms with Gasteiger partial charge >= 0.3 is 6.03 Å². The number of carbonyl (C=O) groups excluding carboxylic acids is 2. The summed E-state index contributed by atoms with van der Waals surface area (Å²) in [6.07, 6.45) is 0. The number of nitrogens with one attached hydrogen (secondary N) is 4. The molecule has 3 amide bonds. The third-order valence-electron chi connectivity index (χ3n) is 4.76. The molecule has 0 heterocycles. The van der Waals surface area contributed by atoms with Gasteiger partial charge in [-0.15, -0.1) is 0 Å². The van der Waals surface area contributed by atoms with Crippen molar-refractivity contribution in [2.75, 3.05) is 21.9 Å². The van der Waals surface area contributed by atoms with Gasteiger partial charge in [0.2, 0.25) is 0 Å². The molecule has 3 aromatic rings. The van der Waals surface area contributed by atoms with Gasteiger partial charge in [0.05, 0.1) is 16.1 Å². The van der Waals surface area contributed by atoms with Crippen LogP contribution in [0.2, 0.25) is 0 Å². The van der Waals surface area contributed by atoms with Crippen LogP contribution in [0.5, 0.6) is 0 Å². The molecule has 33 heavy (non-hydrogen) atoms. The summed E-state index contributed by atoms with van der Waals surface area (Å²) >= 11 is 0. The van der Waals surface area contributed by atoms with Gasteiger partial charge in [-0.05, 0) is 68.3 Å². The van der Waals surface area contributed by atoms with E-state index in [1.165, 1.54) is 12.1 Å². The fourth-order valence-corrected chi connectivity index (χ4v) is 4.59. The number of benzene rings is 3. The summed E-state index contributed by atoms with van der Waals surface area (Å²) in [6.45, 7) is 5.82. The van der Waals surface area contributed by atoms with Gasteiger partial charge in [-0.3, -0.25) is 9.52 Å². The number of anilines is 3. The van der Waals surface area contributed by atoms with Crippen LogP contribution in [0.1, 0.15) is 28.4 Å². The molecular weight excluding hydrogens is 440 g/mol. The second-order valence-electron chi connectivity index (χ2n) is 7.44. The normalized spacial score (nSPS) is 10.9. The minimum atomic E-state index is -3.91. The predicted molar refractivity (Wildman–Crippen MR) is 130 cm³/mol. The highest BCUT2D eigenvalue weighted by Crippen LogP contribution is 2.24. The van der Waals surface area contributed by atoms with Gasteiger partial charge in [0.15, 0.2) is 0 Å². The SMILES string of the molecule is CCNC(=O)Nc1cccc(NC(=O)c2ccccc2NS(=O)(=O)c2cc(C)ccc2C)c1. The molecule has 0 aliphatic heterocycles. The van der Waals surface area contributed by atoms with Gasteiger partial charge in [-0.1, -0.05) is 30.3 Å². The molecule has 3 aromatic carbocycles. The third kappa shape index (κ3) is 6.11. The van der Waals surface area contributed by atoms with Crippen molar-refractivity contribution in [3.63, 3.8) is 0 Å². The average molecular weight is 467 g/mol. The quantitative estimate of drug-likeness (QED) is 0.410. The van der Waals surface area contributed by atoms with Gasteiger partial charge in [0.1, 0.15) is 0 Å². The van der Waals surface area contributed by atoms with Gasteiger partial charge < -0.3 is 16.0 Å². The van der Waals surface area contributed by atoms with Crippen molar-refractivity contribution in [1.29, 1.82) is 0 Å². The van der Waals surface area contributed by atoms with E-state index in [-0.39, 0.29) is 22.2 Å². The van der Waals surface area contributed by atoms with E-state index in [4.69, 9.17) is 0 Å². The zero-order valence-corrected chi connectivity index (χ0v) is 19.4. The van der Waals surface area contributed by atoms with Crippen molar-refractivity contribution in [1.82, 2.24) is 5.32 Å². The number of hydrogen-bond donors (Lipinski definition) is 4. The molecule has 0 saturated carbocycles. The lowest BCUT2D eigenvalue weighted by atomic mass is 10.1. The van der Waals surface area contributed by atoms with Crippen LogP contribution in [0.25, 0.3) is 0 Å². The molecule has 0 aromatic heterocycles. The smallest absolute Gasteiger partial charge is 0.319 e. The number of hydrogen-bond acceptors (Lipinski definition) is 4. The van der Waals surface area contributed by atoms with E-state index < -0.39 is 15.9 Å². The van der Waals surface area contributed by atoms with Crippen LogP contribution in [0.3, 0.4) is 0 Å². The molecule has 0 aliphatic carbocycles.